The van der Waals surface area contributed by atoms with Crippen molar-refractivity contribution >= 4 is 16.1 Å². The van der Waals surface area contributed by atoms with Gasteiger partial charge in [0.1, 0.15) is 15.4 Å². The first-order valence-electron chi connectivity index (χ1n) is 9.54. The topological polar surface area (TPSA) is 83.5 Å². The van der Waals surface area contributed by atoms with Crippen LogP contribution in [0.1, 0.15) is 97.3 Å². The molecule has 7 heteroatoms. The Morgan fingerprint density at radius 2 is 1.28 bits per heavy atom. The normalized spacial score (nSPS) is 12.4. The smallest absolute Gasteiger partial charge is 0.747 e. The minimum absolute atomic E-state index is 0. The minimum atomic E-state index is -4.64. The van der Waals surface area contributed by atoms with Gasteiger partial charge < -0.3 is 9.29 Å². The molecule has 0 aliphatic rings. The molecule has 0 aromatic rings. The number of hydrogen-bond acceptors (Lipinski definition) is 5. The molecule has 5 nitrogen and oxygen atoms in total. The van der Waals surface area contributed by atoms with Crippen LogP contribution >= 0.6 is 0 Å². The molecule has 144 valence electrons. The van der Waals surface area contributed by atoms with Crippen molar-refractivity contribution in [3.05, 3.63) is 0 Å². The van der Waals surface area contributed by atoms with Gasteiger partial charge in [-0.15, -0.1) is 0 Å². The first-order chi connectivity index (χ1) is 11.4. The zero-order chi connectivity index (χ0) is 18.3. The quantitative estimate of drug-likeness (QED) is 0.174. The van der Waals surface area contributed by atoms with Crippen LogP contribution in [0, 0.1) is 0 Å². The standard InChI is InChI=1S/C18H36O5S.Na/c1-3-5-7-8-9-10-11-12-13-14-15-17(24(20,21)22)18(19)23-16-6-4-2;/h17H,3-16H2,1-2H3,(H,20,21,22);/q;+1/p-1. The molecule has 0 bridgehead atoms. The summed E-state index contributed by atoms with van der Waals surface area (Å²) in [4.78, 5) is 11.8. The number of esters is 1. The maximum absolute atomic E-state index is 11.8. The second-order valence-electron chi connectivity index (χ2n) is 6.47. The van der Waals surface area contributed by atoms with Gasteiger partial charge in [-0.1, -0.05) is 84.5 Å². The molecule has 0 amide bonds. The maximum Gasteiger partial charge on any atom is 1.00 e. The zero-order valence-electron chi connectivity index (χ0n) is 16.4. The third kappa shape index (κ3) is 16.3. The van der Waals surface area contributed by atoms with Crippen molar-refractivity contribution in [1.82, 2.24) is 0 Å². The molecule has 0 fully saturated rings. The summed E-state index contributed by atoms with van der Waals surface area (Å²) in [7, 11) is -4.64. The molecule has 0 rings (SSSR count). The Balaban J connectivity index is 0. The van der Waals surface area contributed by atoms with E-state index in [1.165, 1.54) is 38.5 Å². The molecule has 0 aliphatic carbocycles. The number of ether oxygens (including phenoxy) is 1. The summed E-state index contributed by atoms with van der Waals surface area (Å²) in [6, 6.07) is 0. The van der Waals surface area contributed by atoms with Gasteiger partial charge in [-0.3, -0.25) is 4.79 Å². The molecular weight excluding hydrogens is 351 g/mol. The van der Waals surface area contributed by atoms with Crippen molar-refractivity contribution in [2.75, 3.05) is 6.61 Å². The van der Waals surface area contributed by atoms with Gasteiger partial charge in [-0.2, -0.15) is 0 Å². The van der Waals surface area contributed by atoms with E-state index in [0.717, 1.165) is 25.7 Å². The largest absolute Gasteiger partial charge is 1.00 e. The van der Waals surface area contributed by atoms with E-state index in [2.05, 4.69) is 6.92 Å². The van der Waals surface area contributed by atoms with Crippen molar-refractivity contribution < 1.29 is 52.1 Å². The van der Waals surface area contributed by atoms with Crippen LogP contribution in [0.5, 0.6) is 0 Å². The first-order valence-corrected chi connectivity index (χ1v) is 11.0. The Morgan fingerprint density at radius 1 is 0.840 bits per heavy atom. The van der Waals surface area contributed by atoms with Crippen LogP contribution in [0.2, 0.25) is 0 Å². The van der Waals surface area contributed by atoms with Gasteiger partial charge in [0.25, 0.3) is 0 Å². The molecule has 1 atom stereocenters. The fraction of sp³-hybridized carbons (Fsp3) is 0.944. The molecular formula is C18H35NaO5S. The summed E-state index contributed by atoms with van der Waals surface area (Å²) >= 11 is 0. The molecule has 25 heavy (non-hydrogen) atoms. The Bertz CT molecular complexity index is 412. The number of hydrogen-bond donors (Lipinski definition) is 0. The monoisotopic (exact) mass is 386 g/mol. The summed E-state index contributed by atoms with van der Waals surface area (Å²) in [6.45, 7) is 4.33. The average molecular weight is 387 g/mol. The Morgan fingerprint density at radius 3 is 1.72 bits per heavy atom. The Kier molecular flexibility index (Phi) is 19.6. The van der Waals surface area contributed by atoms with E-state index >= 15 is 0 Å². The SMILES string of the molecule is CCCCCCCCCCCCC(C(=O)OCCCC)S(=O)(=O)[O-].[Na+]. The maximum atomic E-state index is 11.8. The van der Waals surface area contributed by atoms with Crippen molar-refractivity contribution in [2.45, 2.75) is 103 Å². The molecule has 0 saturated heterocycles. The molecule has 0 radical (unpaired) electrons. The van der Waals surface area contributed by atoms with Gasteiger partial charge in [0.15, 0.2) is 0 Å². The van der Waals surface area contributed by atoms with E-state index in [0.29, 0.717) is 12.8 Å². The fourth-order valence-corrected chi connectivity index (χ4v) is 3.37. The Hall–Kier alpha value is 0.380. The zero-order valence-corrected chi connectivity index (χ0v) is 19.2. The summed E-state index contributed by atoms with van der Waals surface area (Å²) in [5.41, 5.74) is 0. The molecule has 0 aromatic heterocycles. The third-order valence-corrected chi connectivity index (χ3v) is 5.30. The van der Waals surface area contributed by atoms with Crippen molar-refractivity contribution in [2.24, 2.45) is 0 Å². The summed E-state index contributed by atoms with van der Waals surface area (Å²) in [5, 5.41) is -1.54. The van der Waals surface area contributed by atoms with Gasteiger partial charge in [-0.25, -0.2) is 8.42 Å². The third-order valence-electron chi connectivity index (χ3n) is 4.17. The van der Waals surface area contributed by atoms with Crippen LogP contribution in [0.4, 0.5) is 0 Å². The fourth-order valence-electron chi connectivity index (χ4n) is 2.61. The molecule has 0 heterocycles. The van der Waals surface area contributed by atoms with Crippen LogP contribution in [0.25, 0.3) is 0 Å². The van der Waals surface area contributed by atoms with Gasteiger partial charge in [0.05, 0.1) is 6.61 Å². The van der Waals surface area contributed by atoms with Crippen LogP contribution in [-0.2, 0) is 19.6 Å². The average Bonchev–Trinajstić information content (AvgIpc) is 2.51. The van der Waals surface area contributed by atoms with Crippen LogP contribution < -0.4 is 29.6 Å². The van der Waals surface area contributed by atoms with Crippen LogP contribution in [-0.4, -0.2) is 30.8 Å². The molecule has 1 unspecified atom stereocenters. The van der Waals surface area contributed by atoms with Gasteiger partial charge in [0.2, 0.25) is 0 Å². The van der Waals surface area contributed by atoms with E-state index in [-0.39, 0.29) is 42.6 Å². The molecule has 0 aromatic carbocycles. The first kappa shape index (κ1) is 27.6. The van der Waals surface area contributed by atoms with E-state index in [1.54, 1.807) is 0 Å². The van der Waals surface area contributed by atoms with Gasteiger partial charge in [0, 0.05) is 0 Å². The summed E-state index contributed by atoms with van der Waals surface area (Å²) in [5.74, 6) is -0.880. The van der Waals surface area contributed by atoms with E-state index < -0.39 is 21.3 Å². The molecule has 0 aliphatic heterocycles. The van der Waals surface area contributed by atoms with Crippen LogP contribution in [0.15, 0.2) is 0 Å². The van der Waals surface area contributed by atoms with E-state index in [9.17, 15) is 17.8 Å². The van der Waals surface area contributed by atoms with Crippen LogP contribution in [0.3, 0.4) is 0 Å². The van der Waals surface area contributed by atoms with E-state index in [4.69, 9.17) is 4.74 Å². The summed E-state index contributed by atoms with van der Waals surface area (Å²) < 4.78 is 38.6. The number of rotatable bonds is 16. The number of carbonyl (C=O) groups is 1. The molecule has 0 N–H and O–H groups in total. The van der Waals surface area contributed by atoms with Crippen molar-refractivity contribution in [3.63, 3.8) is 0 Å². The predicted molar refractivity (Wildman–Crippen MR) is 95.8 cm³/mol. The number of unbranched alkanes of at least 4 members (excludes halogenated alkanes) is 10. The number of carbonyl (C=O) groups excluding carboxylic acids is 1. The van der Waals surface area contributed by atoms with Gasteiger partial charge >= 0.3 is 35.5 Å². The molecule has 0 saturated carbocycles. The second kappa shape index (κ2) is 17.8. The minimum Gasteiger partial charge on any atom is -0.747 e. The Labute approximate surface area is 176 Å². The van der Waals surface area contributed by atoms with Crippen molar-refractivity contribution in [1.29, 1.82) is 0 Å². The molecule has 0 spiro atoms. The van der Waals surface area contributed by atoms with Gasteiger partial charge in [-0.05, 0) is 12.8 Å². The second-order valence-corrected chi connectivity index (χ2v) is 8.03. The van der Waals surface area contributed by atoms with Crippen molar-refractivity contribution in [3.8, 4) is 0 Å². The predicted octanol–water partition coefficient (Wildman–Crippen LogP) is 1.56. The summed E-state index contributed by atoms with van der Waals surface area (Å²) in [6.07, 6.45) is 12.8. The van der Waals surface area contributed by atoms with E-state index in [1.807, 2.05) is 6.92 Å².